The molecule has 0 amide bonds. The lowest BCUT2D eigenvalue weighted by atomic mass is 10.0. The van der Waals surface area contributed by atoms with Gasteiger partial charge < -0.3 is 9.47 Å². The molecule has 2 heteroatoms. The van der Waals surface area contributed by atoms with Crippen LogP contribution in [0.1, 0.15) is 43.7 Å². The fourth-order valence-corrected chi connectivity index (χ4v) is 2.10. The van der Waals surface area contributed by atoms with Crippen molar-refractivity contribution in [3.8, 4) is 0 Å². The molecule has 0 spiro atoms. The highest BCUT2D eigenvalue weighted by Crippen LogP contribution is 2.18. The van der Waals surface area contributed by atoms with Gasteiger partial charge in [0.05, 0.1) is 12.7 Å². The van der Waals surface area contributed by atoms with E-state index in [1.807, 2.05) is 0 Å². The zero-order chi connectivity index (χ0) is 12.1. The van der Waals surface area contributed by atoms with Crippen LogP contribution < -0.4 is 0 Å². The largest absolute Gasteiger partial charge is 0.381 e. The van der Waals surface area contributed by atoms with Crippen LogP contribution in [-0.2, 0) is 16.1 Å². The summed E-state index contributed by atoms with van der Waals surface area (Å²) in [5, 5.41) is 0. The van der Waals surface area contributed by atoms with E-state index in [2.05, 4.69) is 38.1 Å². The van der Waals surface area contributed by atoms with Crippen molar-refractivity contribution in [2.45, 2.75) is 45.3 Å². The van der Waals surface area contributed by atoms with Crippen LogP contribution in [0.3, 0.4) is 0 Å². The summed E-state index contributed by atoms with van der Waals surface area (Å²) in [5.41, 5.74) is 2.67. The Labute approximate surface area is 104 Å². The van der Waals surface area contributed by atoms with Crippen LogP contribution in [0.2, 0.25) is 0 Å². The lowest BCUT2D eigenvalue weighted by Gasteiger charge is -2.22. The number of hydrogen-bond acceptors (Lipinski definition) is 2. The Bertz CT molecular complexity index is 341. The van der Waals surface area contributed by atoms with Gasteiger partial charge in [0, 0.05) is 13.2 Å². The van der Waals surface area contributed by atoms with Gasteiger partial charge in [-0.05, 0) is 29.9 Å². The van der Waals surface area contributed by atoms with Crippen LogP contribution in [0.4, 0.5) is 0 Å². The molecule has 1 aromatic rings. The third-order valence-corrected chi connectivity index (χ3v) is 3.27. The van der Waals surface area contributed by atoms with Gasteiger partial charge in [0.25, 0.3) is 0 Å². The zero-order valence-electron chi connectivity index (χ0n) is 10.8. The summed E-state index contributed by atoms with van der Waals surface area (Å²) < 4.78 is 11.2. The molecule has 2 rings (SSSR count). The molecule has 0 atom stereocenters. The van der Waals surface area contributed by atoms with E-state index in [4.69, 9.17) is 9.47 Å². The first kappa shape index (κ1) is 12.6. The van der Waals surface area contributed by atoms with Crippen LogP contribution in [0.5, 0.6) is 0 Å². The van der Waals surface area contributed by atoms with E-state index >= 15 is 0 Å². The van der Waals surface area contributed by atoms with E-state index in [1.165, 1.54) is 11.1 Å². The monoisotopic (exact) mass is 234 g/mol. The van der Waals surface area contributed by atoms with Crippen molar-refractivity contribution in [2.75, 3.05) is 13.2 Å². The summed E-state index contributed by atoms with van der Waals surface area (Å²) in [7, 11) is 0. The first-order valence-electron chi connectivity index (χ1n) is 6.54. The van der Waals surface area contributed by atoms with Crippen LogP contribution >= 0.6 is 0 Å². The average molecular weight is 234 g/mol. The van der Waals surface area contributed by atoms with E-state index in [1.54, 1.807) is 0 Å². The maximum Gasteiger partial charge on any atom is 0.0720 e. The number of ether oxygens (including phenoxy) is 2. The number of rotatable bonds is 4. The predicted molar refractivity (Wildman–Crippen MR) is 69.2 cm³/mol. The van der Waals surface area contributed by atoms with Gasteiger partial charge in [0.1, 0.15) is 0 Å². The third-order valence-electron chi connectivity index (χ3n) is 3.27. The molecule has 0 saturated carbocycles. The standard InChI is InChI=1S/C15H22O2/c1-12(2)14-5-3-4-13(10-14)11-17-15-6-8-16-9-7-15/h3-5,10,12,15H,6-9,11H2,1-2H3. The molecule has 0 radical (unpaired) electrons. The molecule has 1 aromatic carbocycles. The molecule has 17 heavy (non-hydrogen) atoms. The molecule has 1 saturated heterocycles. The third kappa shape index (κ3) is 3.83. The zero-order valence-corrected chi connectivity index (χ0v) is 10.8. The van der Waals surface area contributed by atoms with Crippen molar-refractivity contribution in [1.82, 2.24) is 0 Å². The van der Waals surface area contributed by atoms with Crippen molar-refractivity contribution in [1.29, 1.82) is 0 Å². The molecule has 94 valence electrons. The molecule has 0 aromatic heterocycles. The SMILES string of the molecule is CC(C)c1cccc(COC2CCOCC2)c1. The van der Waals surface area contributed by atoms with Gasteiger partial charge in [0.15, 0.2) is 0 Å². The second kappa shape index (κ2) is 6.18. The highest BCUT2D eigenvalue weighted by Gasteiger charge is 2.14. The lowest BCUT2D eigenvalue weighted by molar-refractivity contribution is -0.0390. The van der Waals surface area contributed by atoms with Gasteiger partial charge in [-0.25, -0.2) is 0 Å². The molecular weight excluding hydrogens is 212 g/mol. The summed E-state index contributed by atoms with van der Waals surface area (Å²) in [4.78, 5) is 0. The minimum absolute atomic E-state index is 0.381. The van der Waals surface area contributed by atoms with Crippen LogP contribution in [-0.4, -0.2) is 19.3 Å². The Hall–Kier alpha value is -0.860. The molecule has 1 fully saturated rings. The lowest BCUT2D eigenvalue weighted by Crippen LogP contribution is -2.23. The average Bonchev–Trinajstić information content (AvgIpc) is 2.38. The van der Waals surface area contributed by atoms with Gasteiger partial charge in [-0.2, -0.15) is 0 Å². The van der Waals surface area contributed by atoms with E-state index in [9.17, 15) is 0 Å². The highest BCUT2D eigenvalue weighted by atomic mass is 16.5. The Morgan fingerprint density at radius 1 is 1.29 bits per heavy atom. The molecule has 1 aliphatic heterocycles. The summed E-state index contributed by atoms with van der Waals surface area (Å²) in [6, 6.07) is 8.70. The molecular formula is C15H22O2. The predicted octanol–water partition coefficient (Wildman–Crippen LogP) is 3.51. The Kier molecular flexibility index (Phi) is 4.57. The summed E-state index contributed by atoms with van der Waals surface area (Å²) in [5.74, 6) is 0.582. The Morgan fingerprint density at radius 3 is 2.76 bits per heavy atom. The molecule has 2 nitrogen and oxygen atoms in total. The molecule has 1 aliphatic rings. The fraction of sp³-hybridized carbons (Fsp3) is 0.600. The molecule has 0 aliphatic carbocycles. The first-order valence-corrected chi connectivity index (χ1v) is 6.54. The first-order chi connectivity index (χ1) is 8.25. The van der Waals surface area contributed by atoms with Gasteiger partial charge >= 0.3 is 0 Å². The molecule has 1 heterocycles. The number of hydrogen-bond donors (Lipinski definition) is 0. The molecule has 0 N–H and O–H groups in total. The van der Waals surface area contributed by atoms with Gasteiger partial charge in [0.2, 0.25) is 0 Å². The maximum atomic E-state index is 5.92. The van der Waals surface area contributed by atoms with E-state index < -0.39 is 0 Å². The highest BCUT2D eigenvalue weighted by molar-refractivity contribution is 5.25. The topological polar surface area (TPSA) is 18.5 Å². The van der Waals surface area contributed by atoms with Gasteiger partial charge in [-0.15, -0.1) is 0 Å². The van der Waals surface area contributed by atoms with Gasteiger partial charge in [-0.3, -0.25) is 0 Å². The van der Waals surface area contributed by atoms with Gasteiger partial charge in [-0.1, -0.05) is 38.1 Å². The minimum atomic E-state index is 0.381. The molecule has 0 unspecified atom stereocenters. The van der Waals surface area contributed by atoms with Crippen LogP contribution in [0.25, 0.3) is 0 Å². The van der Waals surface area contributed by atoms with E-state index in [0.717, 1.165) is 32.7 Å². The second-order valence-corrected chi connectivity index (χ2v) is 5.02. The molecule has 0 bridgehead atoms. The van der Waals surface area contributed by atoms with Crippen molar-refractivity contribution >= 4 is 0 Å². The van der Waals surface area contributed by atoms with Crippen molar-refractivity contribution < 1.29 is 9.47 Å². The summed E-state index contributed by atoms with van der Waals surface area (Å²) >= 11 is 0. The van der Waals surface area contributed by atoms with E-state index in [0.29, 0.717) is 12.0 Å². The van der Waals surface area contributed by atoms with Crippen molar-refractivity contribution in [3.63, 3.8) is 0 Å². The maximum absolute atomic E-state index is 5.92. The Morgan fingerprint density at radius 2 is 2.06 bits per heavy atom. The van der Waals surface area contributed by atoms with Crippen LogP contribution in [0.15, 0.2) is 24.3 Å². The summed E-state index contributed by atoms with van der Waals surface area (Å²) in [6.45, 7) is 6.86. The van der Waals surface area contributed by atoms with E-state index in [-0.39, 0.29) is 0 Å². The fourth-order valence-electron chi connectivity index (χ4n) is 2.10. The van der Waals surface area contributed by atoms with Crippen molar-refractivity contribution in [2.24, 2.45) is 0 Å². The Balaban J connectivity index is 1.87. The second-order valence-electron chi connectivity index (χ2n) is 5.02. The normalized spacial score (nSPS) is 17.6. The smallest absolute Gasteiger partial charge is 0.0720 e. The van der Waals surface area contributed by atoms with Crippen molar-refractivity contribution in [3.05, 3.63) is 35.4 Å². The van der Waals surface area contributed by atoms with Crippen LogP contribution in [0, 0.1) is 0 Å². The number of benzene rings is 1. The summed E-state index contributed by atoms with van der Waals surface area (Å²) in [6.07, 6.45) is 2.44. The minimum Gasteiger partial charge on any atom is -0.381 e. The quantitative estimate of drug-likeness (QED) is 0.793.